The maximum Gasteiger partial charge on any atom is 0.306 e. The zero-order valence-corrected chi connectivity index (χ0v) is 6.65. The zero-order valence-electron chi connectivity index (χ0n) is 6.65. The molecule has 0 radical (unpaired) electrons. The van der Waals surface area contributed by atoms with Gasteiger partial charge in [0.05, 0.1) is 18.8 Å². The van der Waals surface area contributed by atoms with Crippen molar-refractivity contribution in [2.75, 3.05) is 0 Å². The van der Waals surface area contributed by atoms with Crippen LogP contribution in [0, 0.1) is 6.92 Å². The van der Waals surface area contributed by atoms with Crippen molar-refractivity contribution in [3.05, 3.63) is 23.7 Å². The van der Waals surface area contributed by atoms with E-state index in [4.69, 9.17) is 9.52 Å². The summed E-state index contributed by atoms with van der Waals surface area (Å²) in [7, 11) is 0. The van der Waals surface area contributed by atoms with Gasteiger partial charge in [-0.15, -0.1) is 0 Å². The molecule has 0 aliphatic rings. The van der Waals surface area contributed by atoms with Crippen LogP contribution in [0.2, 0.25) is 0 Å². The number of aliphatic hydroxyl groups is 1. The minimum absolute atomic E-state index is 0.291. The van der Waals surface area contributed by atoms with Gasteiger partial charge in [-0.1, -0.05) is 0 Å². The van der Waals surface area contributed by atoms with Crippen molar-refractivity contribution in [2.45, 2.75) is 19.4 Å². The fourth-order valence-corrected chi connectivity index (χ4v) is 1.02. The summed E-state index contributed by atoms with van der Waals surface area (Å²) >= 11 is 0. The van der Waals surface area contributed by atoms with E-state index in [9.17, 15) is 9.90 Å². The summed E-state index contributed by atoms with van der Waals surface area (Å²) < 4.78 is 4.91. The minimum Gasteiger partial charge on any atom is -0.481 e. The van der Waals surface area contributed by atoms with Gasteiger partial charge in [0.15, 0.2) is 0 Å². The predicted octanol–water partition coefficient (Wildman–Crippen LogP) is 1.10. The van der Waals surface area contributed by atoms with Crippen LogP contribution in [0.5, 0.6) is 0 Å². The second-order valence-corrected chi connectivity index (χ2v) is 2.55. The highest BCUT2D eigenvalue weighted by atomic mass is 16.4. The van der Waals surface area contributed by atoms with Crippen LogP contribution in [-0.2, 0) is 4.79 Å². The fourth-order valence-electron chi connectivity index (χ4n) is 1.02. The quantitative estimate of drug-likeness (QED) is 0.712. The molecule has 0 amide bonds. The molecule has 1 heterocycles. The van der Waals surface area contributed by atoms with E-state index in [-0.39, 0.29) is 6.42 Å². The number of aliphatic hydroxyl groups excluding tert-OH is 1. The molecule has 0 aliphatic carbocycles. The monoisotopic (exact) mass is 170 g/mol. The third-order valence-electron chi connectivity index (χ3n) is 1.63. The Kier molecular flexibility index (Phi) is 2.50. The maximum absolute atomic E-state index is 10.2. The van der Waals surface area contributed by atoms with Gasteiger partial charge in [-0.05, 0) is 13.0 Å². The van der Waals surface area contributed by atoms with Gasteiger partial charge in [-0.2, -0.15) is 0 Å². The predicted molar refractivity (Wildman–Crippen MR) is 40.7 cm³/mol. The molecule has 2 N–H and O–H groups in total. The molecule has 4 nitrogen and oxygen atoms in total. The highest BCUT2D eigenvalue weighted by Gasteiger charge is 2.15. The van der Waals surface area contributed by atoms with Gasteiger partial charge < -0.3 is 14.6 Å². The Morgan fingerprint density at radius 1 is 1.75 bits per heavy atom. The molecule has 4 heteroatoms. The molecule has 0 fully saturated rings. The molecule has 1 aromatic rings. The van der Waals surface area contributed by atoms with Crippen molar-refractivity contribution in [3.63, 3.8) is 0 Å². The van der Waals surface area contributed by atoms with E-state index in [1.165, 1.54) is 6.26 Å². The van der Waals surface area contributed by atoms with Crippen LogP contribution in [0.4, 0.5) is 0 Å². The first-order chi connectivity index (χ1) is 5.61. The lowest BCUT2D eigenvalue weighted by atomic mass is 10.1. The van der Waals surface area contributed by atoms with Gasteiger partial charge in [0.1, 0.15) is 5.76 Å². The molecule has 1 aromatic heterocycles. The van der Waals surface area contributed by atoms with Crippen LogP contribution in [-0.4, -0.2) is 16.2 Å². The van der Waals surface area contributed by atoms with Crippen LogP contribution < -0.4 is 0 Å². The summed E-state index contributed by atoms with van der Waals surface area (Å²) in [5, 5.41) is 17.7. The summed E-state index contributed by atoms with van der Waals surface area (Å²) in [6.45, 7) is 1.68. The van der Waals surface area contributed by atoms with E-state index in [2.05, 4.69) is 0 Å². The Morgan fingerprint density at radius 3 is 2.83 bits per heavy atom. The standard InChI is InChI=1S/C8H10O4/c1-5-6(2-3-12-5)7(9)4-8(10)11/h2-3,7,9H,4H2,1H3,(H,10,11)/t7-/m1/s1. The van der Waals surface area contributed by atoms with E-state index in [1.807, 2.05) is 0 Å². The maximum atomic E-state index is 10.2. The molecular weight excluding hydrogens is 160 g/mol. The minimum atomic E-state index is -1.02. The number of carboxylic acid groups (broad SMARTS) is 1. The number of hydrogen-bond donors (Lipinski definition) is 2. The van der Waals surface area contributed by atoms with Gasteiger partial charge in [0.2, 0.25) is 0 Å². The van der Waals surface area contributed by atoms with Crippen molar-refractivity contribution < 1.29 is 19.4 Å². The van der Waals surface area contributed by atoms with Crippen LogP contribution in [0.3, 0.4) is 0 Å². The first kappa shape index (κ1) is 8.80. The largest absolute Gasteiger partial charge is 0.481 e. The summed E-state index contributed by atoms with van der Waals surface area (Å²) in [5.74, 6) is -0.466. The molecule has 0 saturated carbocycles. The fraction of sp³-hybridized carbons (Fsp3) is 0.375. The van der Waals surface area contributed by atoms with E-state index in [1.54, 1.807) is 13.0 Å². The molecule has 0 aliphatic heterocycles. The van der Waals surface area contributed by atoms with E-state index < -0.39 is 12.1 Å². The van der Waals surface area contributed by atoms with Crippen molar-refractivity contribution >= 4 is 5.97 Å². The first-order valence-corrected chi connectivity index (χ1v) is 3.55. The number of hydrogen-bond acceptors (Lipinski definition) is 3. The van der Waals surface area contributed by atoms with Gasteiger partial charge in [-0.25, -0.2) is 0 Å². The van der Waals surface area contributed by atoms with Gasteiger partial charge in [0.25, 0.3) is 0 Å². The average molecular weight is 170 g/mol. The molecule has 0 saturated heterocycles. The van der Waals surface area contributed by atoms with Gasteiger partial charge in [0, 0.05) is 5.56 Å². The Morgan fingerprint density at radius 2 is 2.42 bits per heavy atom. The molecule has 0 aromatic carbocycles. The molecule has 66 valence electrons. The number of rotatable bonds is 3. The van der Waals surface area contributed by atoms with E-state index >= 15 is 0 Å². The lowest BCUT2D eigenvalue weighted by Gasteiger charge is -2.04. The second kappa shape index (κ2) is 3.40. The highest BCUT2D eigenvalue weighted by molar-refractivity contribution is 5.67. The average Bonchev–Trinajstić information content (AvgIpc) is 2.33. The number of aliphatic carboxylic acids is 1. The molecule has 0 unspecified atom stereocenters. The third kappa shape index (κ3) is 1.85. The molecule has 0 bridgehead atoms. The molecule has 12 heavy (non-hydrogen) atoms. The number of aryl methyl sites for hydroxylation is 1. The first-order valence-electron chi connectivity index (χ1n) is 3.55. The van der Waals surface area contributed by atoms with Crippen molar-refractivity contribution in [1.29, 1.82) is 0 Å². The Labute approximate surface area is 69.4 Å². The molecular formula is C8H10O4. The SMILES string of the molecule is Cc1occc1[C@H](O)CC(=O)O. The molecule has 1 atom stereocenters. The Hall–Kier alpha value is -1.29. The molecule has 1 rings (SSSR count). The zero-order chi connectivity index (χ0) is 9.14. The van der Waals surface area contributed by atoms with Crippen molar-refractivity contribution in [2.24, 2.45) is 0 Å². The second-order valence-electron chi connectivity index (χ2n) is 2.55. The lowest BCUT2D eigenvalue weighted by Crippen LogP contribution is -2.05. The number of carbonyl (C=O) groups is 1. The number of furan rings is 1. The lowest BCUT2D eigenvalue weighted by molar-refractivity contribution is -0.139. The Bertz CT molecular complexity index is 276. The van der Waals surface area contributed by atoms with E-state index in [0.717, 1.165) is 0 Å². The topological polar surface area (TPSA) is 70.7 Å². The van der Waals surface area contributed by atoms with Crippen molar-refractivity contribution in [3.8, 4) is 0 Å². The van der Waals surface area contributed by atoms with Crippen molar-refractivity contribution in [1.82, 2.24) is 0 Å². The van der Waals surface area contributed by atoms with Crippen LogP contribution >= 0.6 is 0 Å². The Balaban J connectivity index is 2.71. The third-order valence-corrected chi connectivity index (χ3v) is 1.63. The smallest absolute Gasteiger partial charge is 0.306 e. The van der Waals surface area contributed by atoms with Gasteiger partial charge >= 0.3 is 5.97 Å². The summed E-state index contributed by atoms with van der Waals surface area (Å²) in [4.78, 5) is 10.2. The van der Waals surface area contributed by atoms with Gasteiger partial charge in [-0.3, -0.25) is 4.79 Å². The normalized spacial score (nSPS) is 12.8. The molecule has 0 spiro atoms. The summed E-state index contributed by atoms with van der Waals surface area (Å²) in [6, 6.07) is 1.57. The highest BCUT2D eigenvalue weighted by Crippen LogP contribution is 2.20. The van der Waals surface area contributed by atoms with E-state index in [0.29, 0.717) is 11.3 Å². The van der Waals surface area contributed by atoms with Crippen LogP contribution in [0.25, 0.3) is 0 Å². The van der Waals surface area contributed by atoms with Crippen LogP contribution in [0.1, 0.15) is 23.8 Å². The summed E-state index contributed by atoms with van der Waals surface area (Å²) in [5.41, 5.74) is 0.539. The summed E-state index contributed by atoms with van der Waals surface area (Å²) in [6.07, 6.45) is 0.164. The number of carboxylic acids is 1. The van der Waals surface area contributed by atoms with Crippen LogP contribution in [0.15, 0.2) is 16.7 Å².